The third-order valence-electron chi connectivity index (χ3n) is 8.51. The fourth-order valence-electron chi connectivity index (χ4n) is 6.27. The molecule has 0 saturated heterocycles. The van der Waals surface area contributed by atoms with Crippen molar-refractivity contribution in [3.05, 3.63) is 142 Å². The number of aromatic carboxylic acids is 1. The van der Waals surface area contributed by atoms with Crippen LogP contribution in [0.3, 0.4) is 0 Å². The average Bonchev–Trinajstić information content (AvgIpc) is 3.37. The minimum absolute atomic E-state index is 0.172. The summed E-state index contributed by atoms with van der Waals surface area (Å²) in [7, 11) is 0. The smallest absolute Gasteiger partial charge is 0.339 e. The molecule has 7 rings (SSSR count). The van der Waals surface area contributed by atoms with Crippen molar-refractivity contribution in [2.45, 2.75) is 19.5 Å². The maximum absolute atomic E-state index is 13.7. The predicted octanol–water partition coefficient (Wildman–Crippen LogP) is 7.82. The van der Waals surface area contributed by atoms with Gasteiger partial charge in [0.2, 0.25) is 0 Å². The average molecular weight is 616 g/mol. The van der Waals surface area contributed by atoms with E-state index in [1.54, 1.807) is 36.4 Å². The third-order valence-corrected chi connectivity index (χ3v) is 8.51. The summed E-state index contributed by atoms with van der Waals surface area (Å²) in [6, 6.07) is 29.4. The molecule has 0 amide bonds. The molecule has 1 aliphatic rings. The van der Waals surface area contributed by atoms with Gasteiger partial charge in [0.25, 0.3) is 0 Å². The molecule has 0 spiro atoms. The number of ether oxygens (including phenoxy) is 1. The summed E-state index contributed by atoms with van der Waals surface area (Å²) >= 11 is 0. The molecule has 0 bridgehead atoms. The van der Waals surface area contributed by atoms with Crippen LogP contribution in [0.1, 0.15) is 38.4 Å². The lowest BCUT2D eigenvalue weighted by Gasteiger charge is -2.28. The summed E-state index contributed by atoms with van der Waals surface area (Å²) in [5.41, 5.74) is 7.29. The summed E-state index contributed by atoms with van der Waals surface area (Å²) in [5, 5.41) is 11.2. The Balaban J connectivity index is 1.07. The lowest BCUT2D eigenvalue weighted by Crippen LogP contribution is -2.34. The Morgan fingerprint density at radius 2 is 1.74 bits per heavy atom. The normalized spacial score (nSPS) is 13.4. The first kappa shape index (κ1) is 29.4. The molecule has 0 radical (unpaired) electrons. The van der Waals surface area contributed by atoms with Crippen molar-refractivity contribution in [2.24, 2.45) is 0 Å². The van der Waals surface area contributed by atoms with Crippen molar-refractivity contribution in [1.82, 2.24) is 14.5 Å². The van der Waals surface area contributed by atoms with Gasteiger partial charge in [-0.25, -0.2) is 18.6 Å². The Labute approximate surface area is 264 Å². The van der Waals surface area contributed by atoms with Crippen LogP contribution < -0.4 is 4.74 Å². The molecule has 0 atom stereocenters. The van der Waals surface area contributed by atoms with Crippen molar-refractivity contribution in [1.29, 1.82) is 0 Å². The van der Waals surface area contributed by atoms with Crippen LogP contribution in [0.15, 0.2) is 97.1 Å². The van der Waals surface area contributed by atoms with Gasteiger partial charge in [-0.05, 0) is 59.2 Å². The lowest BCUT2D eigenvalue weighted by atomic mass is 10.0. The molecular weight excluding hydrogens is 584 g/mol. The Hall–Kier alpha value is -5.34. The van der Waals surface area contributed by atoms with Crippen LogP contribution in [-0.4, -0.2) is 45.2 Å². The Bertz CT molecular complexity index is 2120. The third kappa shape index (κ3) is 5.99. The molecule has 0 aliphatic carbocycles. The van der Waals surface area contributed by atoms with Crippen LogP contribution in [-0.2, 0) is 19.5 Å². The van der Waals surface area contributed by atoms with Gasteiger partial charge in [0, 0.05) is 60.6 Å². The number of para-hydroxylation sites is 2. The number of aromatic nitrogens is 2. The topological polar surface area (TPSA) is 67.6 Å². The maximum atomic E-state index is 13.7. The lowest BCUT2D eigenvalue weighted by molar-refractivity contribution is 0.0691. The van der Waals surface area contributed by atoms with E-state index in [1.807, 2.05) is 24.3 Å². The van der Waals surface area contributed by atoms with Crippen LogP contribution >= 0.6 is 0 Å². The molecular formula is C38H31F2N3O3. The largest absolute Gasteiger partial charge is 0.491 e. The Kier molecular flexibility index (Phi) is 8.03. The molecule has 3 heterocycles. The van der Waals surface area contributed by atoms with Crippen LogP contribution in [0.5, 0.6) is 5.75 Å². The number of halogens is 2. The van der Waals surface area contributed by atoms with Gasteiger partial charge in [0.05, 0.1) is 11.2 Å². The van der Waals surface area contributed by atoms with Gasteiger partial charge >= 0.3 is 5.97 Å². The van der Waals surface area contributed by atoms with Crippen LogP contribution in [0.2, 0.25) is 0 Å². The van der Waals surface area contributed by atoms with Gasteiger partial charge < -0.3 is 14.4 Å². The van der Waals surface area contributed by atoms with Crippen LogP contribution in [0.25, 0.3) is 34.0 Å². The molecule has 8 heteroatoms. The number of rotatable bonds is 9. The first-order valence-electron chi connectivity index (χ1n) is 15.2. The monoisotopic (exact) mass is 615 g/mol. The Morgan fingerprint density at radius 3 is 2.63 bits per heavy atom. The highest BCUT2D eigenvalue weighted by atomic mass is 19.2. The van der Waals surface area contributed by atoms with Gasteiger partial charge in [-0.3, -0.25) is 4.90 Å². The second-order valence-electron chi connectivity index (χ2n) is 11.5. The number of hydrogen-bond donors (Lipinski definition) is 1. The molecule has 0 saturated carbocycles. The highest BCUT2D eigenvalue weighted by molar-refractivity contribution is 5.90. The van der Waals surface area contributed by atoms with Crippen molar-refractivity contribution in [3.8, 4) is 5.75 Å². The molecule has 1 aliphatic heterocycles. The molecule has 4 aromatic carbocycles. The quantitative estimate of drug-likeness (QED) is 0.180. The molecule has 230 valence electrons. The maximum Gasteiger partial charge on any atom is 0.339 e. The van der Waals surface area contributed by atoms with Crippen LogP contribution in [0.4, 0.5) is 8.78 Å². The van der Waals surface area contributed by atoms with E-state index in [1.165, 1.54) is 27.7 Å². The van der Waals surface area contributed by atoms with E-state index in [0.29, 0.717) is 35.5 Å². The molecule has 0 unspecified atom stereocenters. The number of fused-ring (bicyclic) bond motifs is 4. The van der Waals surface area contributed by atoms with Gasteiger partial charge in [0.15, 0.2) is 11.6 Å². The summed E-state index contributed by atoms with van der Waals surface area (Å²) in [6.07, 6.45) is 4.76. The zero-order chi connectivity index (χ0) is 31.6. The van der Waals surface area contributed by atoms with E-state index < -0.39 is 17.6 Å². The highest BCUT2D eigenvalue weighted by Crippen LogP contribution is 2.32. The number of carbonyl (C=O) groups is 1. The van der Waals surface area contributed by atoms with E-state index in [0.717, 1.165) is 43.8 Å². The minimum Gasteiger partial charge on any atom is -0.491 e. The molecule has 6 aromatic rings. The molecule has 1 N–H and O–H groups in total. The van der Waals surface area contributed by atoms with E-state index >= 15 is 0 Å². The van der Waals surface area contributed by atoms with Crippen molar-refractivity contribution in [2.75, 3.05) is 19.7 Å². The number of nitrogens with zero attached hydrogens (tertiary/aromatic N) is 3. The summed E-state index contributed by atoms with van der Waals surface area (Å²) in [4.78, 5) is 18.4. The number of carboxylic acid groups (broad SMARTS) is 1. The molecule has 0 fully saturated rings. The summed E-state index contributed by atoms with van der Waals surface area (Å²) < 4.78 is 35.6. The van der Waals surface area contributed by atoms with Gasteiger partial charge in [-0.2, -0.15) is 0 Å². The molecule has 46 heavy (non-hydrogen) atoms. The standard InChI is InChI=1S/C38H31F2N3O3/c39-32-21-27-13-15-28(41-34(27)22-33(32)40)14-12-25-6-5-7-26(20-25)23-43-35-10-3-1-8-29(35)31-24-42(17-16-36(31)43)18-19-46-37-11-4-2-9-30(37)38(44)45/h1-15,20-22H,16-19,23-24H2,(H,44,45)/b14-12+. The van der Waals surface area contributed by atoms with Gasteiger partial charge in [-0.1, -0.05) is 60.7 Å². The van der Waals surface area contributed by atoms with E-state index in [9.17, 15) is 18.7 Å². The minimum atomic E-state index is -0.994. The second kappa shape index (κ2) is 12.6. The first-order chi connectivity index (χ1) is 22.4. The SMILES string of the molecule is O=C(O)c1ccccc1OCCN1CCc2c(c3ccccc3n2Cc2cccc(/C=C/c3ccc4cc(F)c(F)cc4n3)c2)C1. The van der Waals surface area contributed by atoms with Crippen LogP contribution in [0, 0.1) is 11.6 Å². The van der Waals surface area contributed by atoms with Gasteiger partial charge in [0.1, 0.15) is 17.9 Å². The van der Waals surface area contributed by atoms with Crippen molar-refractivity contribution in [3.63, 3.8) is 0 Å². The van der Waals surface area contributed by atoms with Crippen molar-refractivity contribution < 1.29 is 23.4 Å². The first-order valence-corrected chi connectivity index (χ1v) is 15.2. The molecule has 6 nitrogen and oxygen atoms in total. The summed E-state index contributed by atoms with van der Waals surface area (Å²) in [5.74, 6) is -2.39. The Morgan fingerprint density at radius 1 is 0.913 bits per heavy atom. The number of hydrogen-bond acceptors (Lipinski definition) is 4. The fourth-order valence-corrected chi connectivity index (χ4v) is 6.27. The van der Waals surface area contributed by atoms with Gasteiger partial charge in [-0.15, -0.1) is 0 Å². The molecule has 2 aromatic heterocycles. The van der Waals surface area contributed by atoms with Crippen molar-refractivity contribution >= 4 is 39.9 Å². The summed E-state index contributed by atoms with van der Waals surface area (Å²) in [6.45, 7) is 3.50. The van der Waals surface area contributed by atoms with E-state index in [2.05, 4.69) is 50.8 Å². The number of carboxylic acids is 1. The predicted molar refractivity (Wildman–Crippen MR) is 176 cm³/mol. The zero-order valence-corrected chi connectivity index (χ0v) is 25.0. The number of benzene rings is 4. The fraction of sp³-hybridized carbons (Fsp3) is 0.158. The zero-order valence-electron chi connectivity index (χ0n) is 25.0. The van der Waals surface area contributed by atoms with E-state index in [4.69, 9.17) is 4.74 Å². The highest BCUT2D eigenvalue weighted by Gasteiger charge is 2.24. The second-order valence-corrected chi connectivity index (χ2v) is 11.5. The number of pyridine rings is 1. The van der Waals surface area contributed by atoms with E-state index in [-0.39, 0.29) is 5.56 Å².